The SMILES string of the molecule is O=S(=O)(CCCCCl)N1CCOC(CO)C1. The first-order valence-corrected chi connectivity index (χ1v) is 7.51. The molecular weight excluding hydrogens is 254 g/mol. The molecule has 0 aromatic heterocycles. The van der Waals surface area contributed by atoms with Gasteiger partial charge >= 0.3 is 0 Å². The minimum Gasteiger partial charge on any atom is -0.394 e. The zero-order valence-corrected chi connectivity index (χ0v) is 10.7. The van der Waals surface area contributed by atoms with E-state index in [9.17, 15) is 8.42 Å². The van der Waals surface area contributed by atoms with E-state index in [4.69, 9.17) is 21.4 Å². The highest BCUT2D eigenvalue weighted by molar-refractivity contribution is 7.89. The molecule has 96 valence electrons. The van der Waals surface area contributed by atoms with E-state index in [0.29, 0.717) is 31.9 Å². The van der Waals surface area contributed by atoms with Gasteiger partial charge in [0, 0.05) is 19.0 Å². The van der Waals surface area contributed by atoms with Crippen LogP contribution in [-0.4, -0.2) is 61.9 Å². The maximum Gasteiger partial charge on any atom is 0.214 e. The summed E-state index contributed by atoms with van der Waals surface area (Å²) >= 11 is 5.50. The standard InChI is InChI=1S/C9H18ClNO4S/c10-3-1-2-6-16(13,14)11-4-5-15-9(7-11)8-12/h9,12H,1-8H2. The van der Waals surface area contributed by atoms with Gasteiger partial charge in [0.25, 0.3) is 0 Å². The number of ether oxygens (including phenoxy) is 1. The molecule has 1 aliphatic rings. The molecule has 1 unspecified atom stereocenters. The van der Waals surface area contributed by atoms with Crippen molar-refractivity contribution in [3.63, 3.8) is 0 Å². The average Bonchev–Trinajstić information content (AvgIpc) is 2.29. The summed E-state index contributed by atoms with van der Waals surface area (Å²) in [7, 11) is -3.22. The molecule has 0 spiro atoms. The molecule has 5 nitrogen and oxygen atoms in total. The number of rotatable bonds is 6. The van der Waals surface area contributed by atoms with Crippen molar-refractivity contribution in [1.82, 2.24) is 4.31 Å². The highest BCUT2D eigenvalue weighted by atomic mass is 35.5. The predicted octanol–water partition coefficient (Wildman–Crippen LogP) is 0.0283. The molecule has 0 amide bonds. The Morgan fingerprint density at radius 3 is 2.81 bits per heavy atom. The fraction of sp³-hybridized carbons (Fsp3) is 1.00. The molecular formula is C9H18ClNO4S. The zero-order chi connectivity index (χ0) is 12.0. The molecule has 0 bridgehead atoms. The van der Waals surface area contributed by atoms with Crippen molar-refractivity contribution >= 4 is 21.6 Å². The number of sulfonamides is 1. The van der Waals surface area contributed by atoms with Gasteiger partial charge in [0.1, 0.15) is 0 Å². The summed E-state index contributed by atoms with van der Waals surface area (Å²) in [6, 6.07) is 0. The fourth-order valence-corrected chi connectivity index (χ4v) is 3.33. The lowest BCUT2D eigenvalue weighted by atomic mass is 10.3. The fourth-order valence-electron chi connectivity index (χ4n) is 1.56. The summed E-state index contributed by atoms with van der Waals surface area (Å²) in [6.07, 6.45) is 0.887. The van der Waals surface area contributed by atoms with E-state index in [1.807, 2.05) is 0 Å². The molecule has 0 saturated carbocycles. The van der Waals surface area contributed by atoms with Crippen LogP contribution in [0.3, 0.4) is 0 Å². The van der Waals surface area contributed by atoms with Gasteiger partial charge in [0.2, 0.25) is 10.0 Å². The monoisotopic (exact) mass is 271 g/mol. The van der Waals surface area contributed by atoms with Crippen LogP contribution in [0.5, 0.6) is 0 Å². The Kier molecular flexibility index (Phi) is 5.99. The van der Waals surface area contributed by atoms with Crippen LogP contribution < -0.4 is 0 Å². The van der Waals surface area contributed by atoms with E-state index in [-0.39, 0.29) is 18.9 Å². The average molecular weight is 272 g/mol. The summed E-state index contributed by atoms with van der Waals surface area (Å²) in [5.41, 5.74) is 0. The lowest BCUT2D eigenvalue weighted by molar-refractivity contribution is -0.0304. The van der Waals surface area contributed by atoms with Crippen molar-refractivity contribution in [1.29, 1.82) is 0 Å². The van der Waals surface area contributed by atoms with Gasteiger partial charge in [-0.1, -0.05) is 0 Å². The Labute approximate surface area is 101 Å². The van der Waals surface area contributed by atoms with Crippen molar-refractivity contribution < 1.29 is 18.3 Å². The second-order valence-corrected chi connectivity index (χ2v) is 6.21. The summed E-state index contributed by atoms with van der Waals surface area (Å²) in [5, 5.41) is 8.92. The number of aliphatic hydroxyl groups is 1. The van der Waals surface area contributed by atoms with Gasteiger partial charge in [-0.2, -0.15) is 4.31 Å². The minimum atomic E-state index is -3.22. The van der Waals surface area contributed by atoms with Crippen LogP contribution in [0.4, 0.5) is 0 Å². The first kappa shape index (κ1) is 14.2. The van der Waals surface area contributed by atoms with Gasteiger partial charge in [-0.3, -0.25) is 0 Å². The molecule has 1 fully saturated rings. The van der Waals surface area contributed by atoms with E-state index >= 15 is 0 Å². The number of unbranched alkanes of at least 4 members (excludes halogenated alkanes) is 1. The zero-order valence-electron chi connectivity index (χ0n) is 9.14. The van der Waals surface area contributed by atoms with Crippen LogP contribution in [0.15, 0.2) is 0 Å². The topological polar surface area (TPSA) is 66.8 Å². The van der Waals surface area contributed by atoms with Gasteiger partial charge in [0.05, 0.1) is 25.1 Å². The second-order valence-electron chi connectivity index (χ2n) is 3.75. The molecule has 0 aliphatic carbocycles. The van der Waals surface area contributed by atoms with Crippen molar-refractivity contribution in [2.75, 3.05) is 37.9 Å². The molecule has 0 aromatic carbocycles. The van der Waals surface area contributed by atoms with Gasteiger partial charge in [-0.05, 0) is 12.8 Å². The van der Waals surface area contributed by atoms with Gasteiger partial charge in [-0.25, -0.2) is 8.42 Å². The first-order valence-electron chi connectivity index (χ1n) is 5.36. The third-order valence-electron chi connectivity index (χ3n) is 2.48. The maximum atomic E-state index is 11.9. The highest BCUT2D eigenvalue weighted by Crippen LogP contribution is 2.11. The van der Waals surface area contributed by atoms with Crippen LogP contribution in [0, 0.1) is 0 Å². The van der Waals surface area contributed by atoms with E-state index in [2.05, 4.69) is 0 Å². The number of alkyl halides is 1. The van der Waals surface area contributed by atoms with Crippen LogP contribution in [0.25, 0.3) is 0 Å². The smallest absolute Gasteiger partial charge is 0.214 e. The van der Waals surface area contributed by atoms with Crippen LogP contribution >= 0.6 is 11.6 Å². The van der Waals surface area contributed by atoms with Crippen molar-refractivity contribution in [2.45, 2.75) is 18.9 Å². The van der Waals surface area contributed by atoms with Crippen LogP contribution in [0.2, 0.25) is 0 Å². The summed E-state index contributed by atoms with van der Waals surface area (Å²) in [5.74, 6) is 0.607. The number of nitrogens with zero attached hydrogens (tertiary/aromatic N) is 1. The third kappa shape index (κ3) is 4.18. The Morgan fingerprint density at radius 1 is 1.44 bits per heavy atom. The highest BCUT2D eigenvalue weighted by Gasteiger charge is 2.28. The van der Waals surface area contributed by atoms with Gasteiger partial charge < -0.3 is 9.84 Å². The lowest BCUT2D eigenvalue weighted by Gasteiger charge is -2.31. The van der Waals surface area contributed by atoms with Crippen molar-refractivity contribution in [3.05, 3.63) is 0 Å². The lowest BCUT2D eigenvalue weighted by Crippen LogP contribution is -2.47. The molecule has 1 saturated heterocycles. The molecule has 1 aliphatic heterocycles. The molecule has 16 heavy (non-hydrogen) atoms. The molecule has 1 atom stereocenters. The number of hydrogen-bond acceptors (Lipinski definition) is 4. The summed E-state index contributed by atoms with van der Waals surface area (Å²) in [4.78, 5) is 0. The second kappa shape index (κ2) is 6.76. The van der Waals surface area contributed by atoms with Gasteiger partial charge in [0.15, 0.2) is 0 Å². The number of hydrogen-bond donors (Lipinski definition) is 1. The molecule has 1 N–H and O–H groups in total. The normalized spacial score (nSPS) is 23.5. The Bertz CT molecular complexity index is 296. The third-order valence-corrected chi connectivity index (χ3v) is 4.67. The number of morpholine rings is 1. The van der Waals surface area contributed by atoms with E-state index in [1.54, 1.807) is 0 Å². The maximum absolute atomic E-state index is 11.9. The summed E-state index contributed by atoms with van der Waals surface area (Å²) < 4.78 is 30.3. The van der Waals surface area contributed by atoms with E-state index < -0.39 is 16.1 Å². The Balaban J connectivity index is 2.47. The van der Waals surface area contributed by atoms with Crippen molar-refractivity contribution in [3.8, 4) is 0 Å². The Hall–Kier alpha value is 0.120. The molecule has 1 rings (SSSR count). The first-order chi connectivity index (χ1) is 7.60. The molecule has 0 aromatic rings. The van der Waals surface area contributed by atoms with Crippen LogP contribution in [-0.2, 0) is 14.8 Å². The van der Waals surface area contributed by atoms with Crippen molar-refractivity contribution in [2.24, 2.45) is 0 Å². The van der Waals surface area contributed by atoms with Crippen LogP contribution in [0.1, 0.15) is 12.8 Å². The quantitative estimate of drug-likeness (QED) is 0.547. The molecule has 0 radical (unpaired) electrons. The summed E-state index contributed by atoms with van der Waals surface area (Å²) in [6.45, 7) is 0.826. The largest absolute Gasteiger partial charge is 0.394 e. The van der Waals surface area contributed by atoms with Gasteiger partial charge in [-0.15, -0.1) is 11.6 Å². The molecule has 7 heteroatoms. The Morgan fingerprint density at radius 2 is 2.19 bits per heavy atom. The minimum absolute atomic E-state index is 0.123. The van der Waals surface area contributed by atoms with E-state index in [1.165, 1.54) is 4.31 Å². The van der Waals surface area contributed by atoms with E-state index in [0.717, 1.165) is 0 Å². The number of halogens is 1. The number of aliphatic hydroxyl groups excluding tert-OH is 1. The molecule has 1 heterocycles. The predicted molar refractivity (Wildman–Crippen MR) is 62.1 cm³/mol.